The predicted molar refractivity (Wildman–Crippen MR) is 81.9 cm³/mol. The van der Waals surface area contributed by atoms with E-state index in [2.05, 4.69) is 32.2 Å². The van der Waals surface area contributed by atoms with Crippen LogP contribution in [0.25, 0.3) is 0 Å². The highest BCUT2D eigenvalue weighted by molar-refractivity contribution is 5.58. The quantitative estimate of drug-likeness (QED) is 0.728. The second-order valence-electron chi connectivity index (χ2n) is 5.62. The molecule has 1 aromatic rings. The summed E-state index contributed by atoms with van der Waals surface area (Å²) in [5.74, 6) is 0.769. The molecule has 0 bridgehead atoms. The van der Waals surface area contributed by atoms with Crippen molar-refractivity contribution in [2.75, 3.05) is 11.1 Å². The number of rotatable bonds is 7. The lowest BCUT2D eigenvalue weighted by molar-refractivity contribution is 0.520. The number of nitriles is 1. The lowest BCUT2D eigenvalue weighted by Crippen LogP contribution is -2.15. The molecule has 0 saturated heterocycles. The van der Waals surface area contributed by atoms with Gasteiger partial charge in [0.25, 0.3) is 0 Å². The standard InChI is InChI=1S/C16H25N3/c1-12(2)5-4-6-13(3)19-15-7-8-16(18)14(11-15)9-10-17/h7-8,11-13,19H,4-6,9,18H2,1-3H3. The highest BCUT2D eigenvalue weighted by Crippen LogP contribution is 2.20. The van der Waals surface area contributed by atoms with Crippen LogP contribution in [0.3, 0.4) is 0 Å². The summed E-state index contributed by atoms with van der Waals surface area (Å²) in [6, 6.07) is 8.42. The number of nitrogen functional groups attached to an aromatic ring is 1. The van der Waals surface area contributed by atoms with Crippen LogP contribution in [0.4, 0.5) is 11.4 Å². The van der Waals surface area contributed by atoms with Crippen molar-refractivity contribution in [1.82, 2.24) is 0 Å². The van der Waals surface area contributed by atoms with Crippen molar-refractivity contribution in [1.29, 1.82) is 5.26 Å². The van der Waals surface area contributed by atoms with Crippen LogP contribution in [0.5, 0.6) is 0 Å². The Bertz CT molecular complexity index is 432. The molecular weight excluding hydrogens is 234 g/mol. The normalized spacial score (nSPS) is 12.2. The van der Waals surface area contributed by atoms with Gasteiger partial charge in [-0.3, -0.25) is 0 Å². The summed E-state index contributed by atoms with van der Waals surface area (Å²) in [5.41, 5.74) is 8.49. The maximum absolute atomic E-state index is 8.76. The van der Waals surface area contributed by atoms with E-state index in [1.54, 1.807) is 0 Å². The molecule has 104 valence electrons. The van der Waals surface area contributed by atoms with Crippen molar-refractivity contribution in [3.63, 3.8) is 0 Å². The first-order valence-electron chi connectivity index (χ1n) is 7.04. The number of hydrogen-bond acceptors (Lipinski definition) is 3. The highest BCUT2D eigenvalue weighted by Gasteiger charge is 2.05. The fourth-order valence-electron chi connectivity index (χ4n) is 2.12. The van der Waals surface area contributed by atoms with Crippen molar-refractivity contribution < 1.29 is 0 Å². The number of nitrogens with one attached hydrogen (secondary N) is 1. The topological polar surface area (TPSA) is 61.8 Å². The van der Waals surface area contributed by atoms with Crippen molar-refractivity contribution >= 4 is 11.4 Å². The van der Waals surface area contributed by atoms with Crippen LogP contribution < -0.4 is 11.1 Å². The van der Waals surface area contributed by atoms with Crippen LogP contribution in [0.1, 0.15) is 45.6 Å². The zero-order valence-corrected chi connectivity index (χ0v) is 12.2. The Labute approximate surface area is 116 Å². The fourth-order valence-corrected chi connectivity index (χ4v) is 2.12. The maximum atomic E-state index is 8.76. The molecule has 0 aliphatic rings. The molecule has 3 nitrogen and oxygen atoms in total. The number of nitrogens with zero attached hydrogens (tertiary/aromatic N) is 1. The minimum atomic E-state index is 0.364. The second-order valence-corrected chi connectivity index (χ2v) is 5.62. The molecule has 1 aromatic carbocycles. The first-order valence-corrected chi connectivity index (χ1v) is 7.04. The summed E-state index contributed by atoms with van der Waals surface area (Å²) < 4.78 is 0. The highest BCUT2D eigenvalue weighted by atomic mass is 14.9. The molecule has 0 aromatic heterocycles. The molecule has 0 heterocycles. The van der Waals surface area contributed by atoms with Gasteiger partial charge in [0.2, 0.25) is 0 Å². The molecule has 19 heavy (non-hydrogen) atoms. The zero-order valence-electron chi connectivity index (χ0n) is 12.2. The molecule has 1 atom stereocenters. The molecule has 3 heteroatoms. The van der Waals surface area contributed by atoms with Gasteiger partial charge in [-0.2, -0.15) is 5.26 Å². The number of benzene rings is 1. The predicted octanol–water partition coefficient (Wildman–Crippen LogP) is 3.96. The van der Waals surface area contributed by atoms with Crippen molar-refractivity contribution in [3.05, 3.63) is 23.8 Å². The molecule has 1 unspecified atom stereocenters. The maximum Gasteiger partial charge on any atom is 0.0670 e. The first kappa shape index (κ1) is 15.4. The Balaban J connectivity index is 2.52. The zero-order chi connectivity index (χ0) is 14.3. The smallest absolute Gasteiger partial charge is 0.0670 e. The molecule has 0 aliphatic heterocycles. The Kier molecular flexibility index (Phi) is 6.21. The molecule has 0 radical (unpaired) electrons. The van der Waals surface area contributed by atoms with E-state index < -0.39 is 0 Å². The van der Waals surface area contributed by atoms with E-state index in [-0.39, 0.29) is 0 Å². The molecule has 0 amide bonds. The summed E-state index contributed by atoms with van der Waals surface area (Å²) >= 11 is 0. The molecule has 0 fully saturated rings. The van der Waals surface area contributed by atoms with Crippen molar-refractivity contribution in [2.24, 2.45) is 5.92 Å². The minimum Gasteiger partial charge on any atom is -0.398 e. The first-order chi connectivity index (χ1) is 9.02. The Morgan fingerprint density at radius 1 is 1.26 bits per heavy atom. The Hall–Kier alpha value is -1.69. The average Bonchev–Trinajstić information content (AvgIpc) is 2.33. The SMILES string of the molecule is CC(C)CCCC(C)Nc1ccc(N)c(CC#N)c1. The lowest BCUT2D eigenvalue weighted by Gasteiger charge is -2.17. The summed E-state index contributed by atoms with van der Waals surface area (Å²) in [6.45, 7) is 6.71. The number of nitrogens with two attached hydrogens (primary N) is 1. The molecule has 0 spiro atoms. The summed E-state index contributed by atoms with van der Waals surface area (Å²) in [7, 11) is 0. The van der Waals surface area contributed by atoms with E-state index >= 15 is 0 Å². The van der Waals surface area contributed by atoms with Crippen LogP contribution in [0, 0.1) is 17.2 Å². The largest absolute Gasteiger partial charge is 0.398 e. The molecule has 0 saturated carbocycles. The van der Waals surface area contributed by atoms with E-state index in [4.69, 9.17) is 11.0 Å². The van der Waals surface area contributed by atoms with Gasteiger partial charge in [0.1, 0.15) is 0 Å². The Morgan fingerprint density at radius 2 is 2.00 bits per heavy atom. The number of anilines is 2. The minimum absolute atomic E-state index is 0.364. The summed E-state index contributed by atoms with van der Waals surface area (Å²) in [6.07, 6.45) is 4.04. The van der Waals surface area contributed by atoms with E-state index in [1.165, 1.54) is 12.8 Å². The van der Waals surface area contributed by atoms with Crippen LogP contribution in [-0.4, -0.2) is 6.04 Å². The third kappa shape index (κ3) is 5.65. The van der Waals surface area contributed by atoms with Gasteiger partial charge < -0.3 is 11.1 Å². The lowest BCUT2D eigenvalue weighted by atomic mass is 10.0. The third-order valence-electron chi connectivity index (χ3n) is 3.24. The summed E-state index contributed by atoms with van der Waals surface area (Å²) in [4.78, 5) is 0. The molecule has 0 aliphatic carbocycles. The van der Waals surface area contributed by atoms with Gasteiger partial charge in [-0.1, -0.05) is 26.7 Å². The molecule has 1 rings (SSSR count). The van der Waals surface area contributed by atoms with Crippen molar-refractivity contribution in [2.45, 2.75) is 52.5 Å². The van der Waals surface area contributed by atoms with Crippen molar-refractivity contribution in [3.8, 4) is 6.07 Å². The van der Waals surface area contributed by atoms with E-state index in [9.17, 15) is 0 Å². The van der Waals surface area contributed by atoms with E-state index in [1.807, 2.05) is 18.2 Å². The van der Waals surface area contributed by atoms with Crippen LogP contribution in [0.15, 0.2) is 18.2 Å². The van der Waals surface area contributed by atoms with Gasteiger partial charge >= 0.3 is 0 Å². The van der Waals surface area contributed by atoms with E-state index in [0.29, 0.717) is 18.2 Å². The van der Waals surface area contributed by atoms with Gasteiger partial charge in [-0.25, -0.2) is 0 Å². The van der Waals surface area contributed by atoms with Gasteiger partial charge in [0.15, 0.2) is 0 Å². The fraction of sp³-hybridized carbons (Fsp3) is 0.562. The molecular formula is C16H25N3. The molecule has 3 N–H and O–H groups in total. The average molecular weight is 259 g/mol. The van der Waals surface area contributed by atoms with Crippen LogP contribution in [-0.2, 0) is 6.42 Å². The number of hydrogen-bond donors (Lipinski definition) is 2. The second kappa shape index (κ2) is 7.68. The third-order valence-corrected chi connectivity index (χ3v) is 3.24. The van der Waals surface area contributed by atoms with Crippen LogP contribution in [0.2, 0.25) is 0 Å². The van der Waals surface area contributed by atoms with Gasteiger partial charge in [-0.15, -0.1) is 0 Å². The summed E-state index contributed by atoms with van der Waals surface area (Å²) in [5, 5.41) is 12.2. The van der Waals surface area contributed by atoms with Gasteiger partial charge in [0, 0.05) is 17.4 Å². The van der Waals surface area contributed by atoms with Gasteiger partial charge in [0.05, 0.1) is 12.5 Å². The van der Waals surface area contributed by atoms with E-state index in [0.717, 1.165) is 23.6 Å². The van der Waals surface area contributed by atoms with Gasteiger partial charge in [-0.05, 0) is 43.0 Å². The monoisotopic (exact) mass is 259 g/mol. The Morgan fingerprint density at radius 3 is 2.63 bits per heavy atom. The van der Waals surface area contributed by atoms with Crippen LogP contribution >= 0.6 is 0 Å².